The number of carbonyl (C=O) groups is 1. The number of rotatable bonds is 8. The molecule has 0 bridgehead atoms. The smallest absolute Gasteiger partial charge is 0.241 e. The van der Waals surface area contributed by atoms with Crippen molar-refractivity contribution in [3.63, 3.8) is 0 Å². The summed E-state index contributed by atoms with van der Waals surface area (Å²) >= 11 is 5.78. The van der Waals surface area contributed by atoms with Crippen LogP contribution < -0.4 is 10.7 Å². The van der Waals surface area contributed by atoms with Crippen LogP contribution in [0.2, 0.25) is 0 Å². The van der Waals surface area contributed by atoms with Gasteiger partial charge in [-0.3, -0.25) is 9.48 Å². The number of hydrazone groups is 1. The molecule has 0 aliphatic rings. The molecule has 0 aromatic carbocycles. The molecular formula is C12H16ClF2N5O. The molecule has 1 heterocycles. The molecule has 0 aliphatic carbocycles. The van der Waals surface area contributed by atoms with Gasteiger partial charge < -0.3 is 10.7 Å². The first kappa shape index (κ1) is 17.1. The first-order valence-electron chi connectivity index (χ1n) is 6.08. The summed E-state index contributed by atoms with van der Waals surface area (Å²) in [5.41, 5.74) is 3.15. The van der Waals surface area contributed by atoms with Crippen LogP contribution in [0.5, 0.6) is 0 Å². The van der Waals surface area contributed by atoms with Gasteiger partial charge in [0.15, 0.2) is 0 Å². The molecule has 21 heavy (non-hydrogen) atoms. The van der Waals surface area contributed by atoms with E-state index in [2.05, 4.69) is 20.9 Å². The molecular weight excluding hydrogens is 304 g/mol. The van der Waals surface area contributed by atoms with E-state index in [1.54, 1.807) is 7.05 Å². The normalized spacial score (nSPS) is 14.2. The van der Waals surface area contributed by atoms with Gasteiger partial charge in [-0.15, -0.1) is 0 Å². The largest absolute Gasteiger partial charge is 0.386 e. The molecule has 1 unspecified atom stereocenters. The third kappa shape index (κ3) is 5.14. The Kier molecular flexibility index (Phi) is 6.80. The molecule has 1 rings (SSSR count). The number of alkyl halides is 2. The number of aromatic nitrogens is 2. The molecule has 0 spiro atoms. The minimum atomic E-state index is -2.60. The molecule has 116 valence electrons. The molecule has 0 fully saturated rings. The van der Waals surface area contributed by atoms with Gasteiger partial charge in [0.05, 0.1) is 17.9 Å². The number of hydrogen-bond acceptors (Lipinski definition) is 5. The van der Waals surface area contributed by atoms with Crippen LogP contribution in [0.1, 0.15) is 12.5 Å². The zero-order valence-corrected chi connectivity index (χ0v) is 12.3. The van der Waals surface area contributed by atoms with Crippen molar-refractivity contribution in [2.75, 3.05) is 19.4 Å². The van der Waals surface area contributed by atoms with Crippen LogP contribution in [0.25, 0.3) is 0 Å². The van der Waals surface area contributed by atoms with Crippen LogP contribution in [0.4, 0.5) is 14.5 Å². The second kappa shape index (κ2) is 8.35. The Balaban J connectivity index is 3.15. The molecule has 0 saturated carbocycles. The van der Waals surface area contributed by atoms with Gasteiger partial charge in [-0.25, -0.2) is 8.78 Å². The lowest BCUT2D eigenvalue weighted by molar-refractivity contribution is -0.105. The third-order valence-electron chi connectivity index (χ3n) is 2.64. The summed E-state index contributed by atoms with van der Waals surface area (Å²) in [4.78, 5) is 11.2. The standard InChI is InChI=1S/C12H16ClF2N5O/c1-16-9-5-18-20(6-9)10(4-12(14)15)8(7-21)3-11(13)19-17-2/h3,5-7,10,12,16-17H,4H2,1-2H3/b8-3+,19-11+. The highest BCUT2D eigenvalue weighted by Crippen LogP contribution is 2.25. The van der Waals surface area contributed by atoms with Crippen molar-refractivity contribution in [2.45, 2.75) is 18.9 Å². The molecule has 2 N–H and O–H groups in total. The number of carbonyl (C=O) groups excluding carboxylic acids is 1. The maximum atomic E-state index is 12.8. The number of halogens is 3. The van der Waals surface area contributed by atoms with E-state index in [1.807, 2.05) is 0 Å². The quantitative estimate of drug-likeness (QED) is 0.333. The highest BCUT2D eigenvalue weighted by Gasteiger charge is 2.22. The van der Waals surface area contributed by atoms with Crippen molar-refractivity contribution in [2.24, 2.45) is 5.10 Å². The topological polar surface area (TPSA) is 71.3 Å². The van der Waals surface area contributed by atoms with Gasteiger partial charge in [-0.05, 0) is 6.08 Å². The van der Waals surface area contributed by atoms with Gasteiger partial charge in [0, 0.05) is 32.3 Å². The monoisotopic (exact) mass is 319 g/mol. The van der Waals surface area contributed by atoms with Crippen molar-refractivity contribution >= 4 is 28.7 Å². The van der Waals surface area contributed by atoms with Gasteiger partial charge in [0.2, 0.25) is 6.43 Å². The number of anilines is 1. The van der Waals surface area contributed by atoms with E-state index in [0.717, 1.165) is 0 Å². The first-order valence-corrected chi connectivity index (χ1v) is 6.46. The van der Waals surface area contributed by atoms with E-state index in [0.29, 0.717) is 12.0 Å². The fourth-order valence-corrected chi connectivity index (χ4v) is 1.90. The Bertz CT molecular complexity index is 529. The molecule has 0 aliphatic heterocycles. The van der Waals surface area contributed by atoms with Crippen LogP contribution >= 0.6 is 11.6 Å². The highest BCUT2D eigenvalue weighted by atomic mass is 35.5. The summed E-state index contributed by atoms with van der Waals surface area (Å²) in [7, 11) is 3.20. The molecule has 1 aromatic rings. The summed E-state index contributed by atoms with van der Waals surface area (Å²) in [6.45, 7) is 0. The zero-order valence-electron chi connectivity index (χ0n) is 11.6. The van der Waals surface area contributed by atoms with Crippen LogP contribution in [0.3, 0.4) is 0 Å². The van der Waals surface area contributed by atoms with Crippen molar-refractivity contribution in [1.82, 2.24) is 15.2 Å². The SMILES string of the molecule is CN/N=C(Cl)\C=C(/C=O)C(CC(F)F)n1cc(NC)cn1. The molecule has 0 amide bonds. The maximum absolute atomic E-state index is 12.8. The highest BCUT2D eigenvalue weighted by molar-refractivity contribution is 6.68. The lowest BCUT2D eigenvalue weighted by Crippen LogP contribution is -2.17. The van der Waals surface area contributed by atoms with Gasteiger partial charge in [0.25, 0.3) is 0 Å². The number of hydrogen-bond donors (Lipinski definition) is 2. The van der Waals surface area contributed by atoms with Gasteiger partial charge in [-0.1, -0.05) is 11.6 Å². The van der Waals surface area contributed by atoms with E-state index in [9.17, 15) is 13.6 Å². The fraction of sp³-hybridized carbons (Fsp3) is 0.417. The third-order valence-corrected chi connectivity index (χ3v) is 2.83. The Morgan fingerprint density at radius 3 is 2.76 bits per heavy atom. The van der Waals surface area contributed by atoms with E-state index in [-0.39, 0.29) is 10.7 Å². The second-order valence-corrected chi connectivity index (χ2v) is 4.41. The molecule has 6 nitrogen and oxygen atoms in total. The molecule has 1 aromatic heterocycles. The van der Waals surface area contributed by atoms with E-state index in [4.69, 9.17) is 11.6 Å². The van der Waals surface area contributed by atoms with Crippen molar-refractivity contribution in [3.05, 3.63) is 24.0 Å². The predicted molar refractivity (Wildman–Crippen MR) is 77.9 cm³/mol. The Morgan fingerprint density at radius 2 is 2.29 bits per heavy atom. The van der Waals surface area contributed by atoms with E-state index < -0.39 is 18.9 Å². The summed E-state index contributed by atoms with van der Waals surface area (Å²) in [6.07, 6.45) is 1.57. The molecule has 1 atom stereocenters. The minimum absolute atomic E-state index is 0.0140. The number of aldehydes is 1. The van der Waals surface area contributed by atoms with Crippen LogP contribution in [0.15, 0.2) is 29.1 Å². The maximum Gasteiger partial charge on any atom is 0.241 e. The Hall–Kier alpha value is -1.96. The first-order chi connectivity index (χ1) is 10.0. The lowest BCUT2D eigenvalue weighted by atomic mass is 10.1. The zero-order chi connectivity index (χ0) is 15.8. The average molecular weight is 320 g/mol. The predicted octanol–water partition coefficient (Wildman–Crippen LogP) is 2.02. The van der Waals surface area contributed by atoms with Gasteiger partial charge >= 0.3 is 0 Å². The minimum Gasteiger partial charge on any atom is -0.386 e. The van der Waals surface area contributed by atoms with Crippen LogP contribution in [-0.4, -0.2) is 41.8 Å². The van der Waals surface area contributed by atoms with Crippen molar-refractivity contribution in [1.29, 1.82) is 0 Å². The van der Waals surface area contributed by atoms with Crippen molar-refractivity contribution in [3.8, 4) is 0 Å². The molecule has 9 heteroatoms. The van der Waals surface area contributed by atoms with E-state index in [1.165, 1.54) is 30.2 Å². The molecule has 0 saturated heterocycles. The van der Waals surface area contributed by atoms with Crippen LogP contribution in [-0.2, 0) is 4.79 Å². The summed E-state index contributed by atoms with van der Waals surface area (Å²) < 4.78 is 26.8. The number of nitrogens with zero attached hydrogens (tertiary/aromatic N) is 3. The van der Waals surface area contributed by atoms with Crippen LogP contribution in [0, 0.1) is 0 Å². The van der Waals surface area contributed by atoms with E-state index >= 15 is 0 Å². The summed E-state index contributed by atoms with van der Waals surface area (Å²) in [5, 5.41) is 10.5. The average Bonchev–Trinajstić information content (AvgIpc) is 2.91. The van der Waals surface area contributed by atoms with Gasteiger partial charge in [0.1, 0.15) is 11.5 Å². The van der Waals surface area contributed by atoms with Gasteiger partial charge in [-0.2, -0.15) is 10.2 Å². The Labute approximate surface area is 125 Å². The number of nitrogens with one attached hydrogen (secondary N) is 2. The summed E-state index contributed by atoms with van der Waals surface area (Å²) in [5.74, 6) is 0. The number of allylic oxidation sites excluding steroid dienone is 2. The molecule has 0 radical (unpaired) electrons. The fourth-order valence-electron chi connectivity index (χ4n) is 1.69. The second-order valence-electron chi connectivity index (χ2n) is 4.02. The van der Waals surface area contributed by atoms with Crippen molar-refractivity contribution < 1.29 is 13.6 Å². The summed E-state index contributed by atoms with van der Waals surface area (Å²) in [6, 6.07) is -0.926. The Morgan fingerprint density at radius 1 is 1.57 bits per heavy atom. The lowest BCUT2D eigenvalue weighted by Gasteiger charge is -2.17.